The van der Waals surface area contributed by atoms with E-state index in [1.807, 2.05) is 30.3 Å². The normalized spacial score (nSPS) is 14.6. The summed E-state index contributed by atoms with van der Waals surface area (Å²) in [6, 6.07) is 9.37. The molecule has 0 atom stereocenters. The van der Waals surface area contributed by atoms with Crippen molar-refractivity contribution in [3.05, 3.63) is 60.3 Å². The van der Waals surface area contributed by atoms with Gasteiger partial charge in [-0.2, -0.15) is 0 Å². The number of rotatable bonds is 3. The van der Waals surface area contributed by atoms with Gasteiger partial charge in [0.25, 0.3) is 0 Å². The van der Waals surface area contributed by atoms with E-state index in [9.17, 15) is 9.59 Å². The molecule has 112 valence electrons. The Labute approximate surface area is 127 Å². The first kappa shape index (κ1) is 14.1. The lowest BCUT2D eigenvalue weighted by Gasteiger charge is -2.24. The zero-order valence-corrected chi connectivity index (χ0v) is 11.8. The van der Waals surface area contributed by atoms with E-state index < -0.39 is 6.09 Å². The topological polar surface area (TPSA) is 72.6 Å². The van der Waals surface area contributed by atoms with Crippen molar-refractivity contribution in [3.63, 3.8) is 0 Å². The van der Waals surface area contributed by atoms with Gasteiger partial charge in [-0.3, -0.25) is 9.69 Å². The van der Waals surface area contributed by atoms with E-state index in [2.05, 4.69) is 4.98 Å². The first-order chi connectivity index (χ1) is 10.7. The van der Waals surface area contributed by atoms with E-state index in [1.165, 1.54) is 23.4 Å². The lowest BCUT2D eigenvalue weighted by atomic mass is 10.1. The van der Waals surface area contributed by atoms with Gasteiger partial charge in [0, 0.05) is 5.57 Å². The maximum absolute atomic E-state index is 12.1. The average molecular weight is 298 g/mol. The van der Waals surface area contributed by atoms with Crippen molar-refractivity contribution < 1.29 is 18.7 Å². The first-order valence-corrected chi connectivity index (χ1v) is 6.81. The Balaban J connectivity index is 1.64. The summed E-state index contributed by atoms with van der Waals surface area (Å²) in [5.74, 6) is 0.157. The smallest absolute Gasteiger partial charge is 0.410 e. The van der Waals surface area contributed by atoms with Crippen LogP contribution in [0.15, 0.2) is 53.3 Å². The number of ketones is 1. The molecule has 3 rings (SSSR count). The summed E-state index contributed by atoms with van der Waals surface area (Å²) in [6.07, 6.45) is 3.84. The largest absolute Gasteiger partial charge is 0.445 e. The highest BCUT2D eigenvalue weighted by Gasteiger charge is 2.26. The molecule has 0 spiro atoms. The summed E-state index contributed by atoms with van der Waals surface area (Å²) in [7, 11) is 0. The van der Waals surface area contributed by atoms with Crippen LogP contribution in [0.5, 0.6) is 0 Å². The fourth-order valence-corrected chi connectivity index (χ4v) is 2.19. The van der Waals surface area contributed by atoms with E-state index in [4.69, 9.17) is 9.15 Å². The Morgan fingerprint density at radius 1 is 1.27 bits per heavy atom. The maximum Gasteiger partial charge on any atom is 0.410 e. The molecule has 0 aliphatic carbocycles. The van der Waals surface area contributed by atoms with Crippen molar-refractivity contribution in [2.24, 2.45) is 0 Å². The minimum absolute atomic E-state index is 0.00215. The number of oxazole rings is 1. The lowest BCUT2D eigenvalue weighted by molar-refractivity contribution is -0.115. The number of aromatic nitrogens is 1. The highest BCUT2D eigenvalue weighted by molar-refractivity contribution is 6.01. The fraction of sp³-hybridized carbons (Fsp3) is 0.188. The van der Waals surface area contributed by atoms with E-state index >= 15 is 0 Å². The molecule has 0 saturated carbocycles. The van der Waals surface area contributed by atoms with E-state index in [-0.39, 0.29) is 25.5 Å². The van der Waals surface area contributed by atoms with Crippen LogP contribution in [-0.4, -0.2) is 34.8 Å². The Morgan fingerprint density at radius 3 is 2.82 bits per heavy atom. The van der Waals surface area contributed by atoms with Crippen molar-refractivity contribution in [2.75, 3.05) is 13.1 Å². The van der Waals surface area contributed by atoms with Gasteiger partial charge in [-0.25, -0.2) is 9.78 Å². The molecule has 0 saturated heterocycles. The van der Waals surface area contributed by atoms with Gasteiger partial charge in [-0.15, -0.1) is 0 Å². The standard InChI is InChI=1S/C16H14N2O4/c19-14-8-13(15-17-6-7-21-15)9-18(10-14)16(20)22-11-12-4-2-1-3-5-12/h1-8H,9-11H2. The zero-order chi connectivity index (χ0) is 15.4. The summed E-state index contributed by atoms with van der Waals surface area (Å²) in [5, 5.41) is 0. The van der Waals surface area contributed by atoms with Gasteiger partial charge in [0.1, 0.15) is 12.9 Å². The third kappa shape index (κ3) is 3.22. The Morgan fingerprint density at radius 2 is 2.09 bits per heavy atom. The first-order valence-electron chi connectivity index (χ1n) is 6.81. The SMILES string of the molecule is O=C1C=C(c2ncco2)CN(C(=O)OCc2ccccc2)C1. The third-order valence-corrected chi connectivity index (χ3v) is 3.21. The van der Waals surface area contributed by atoms with E-state index in [1.54, 1.807) is 0 Å². The van der Waals surface area contributed by atoms with Crippen LogP contribution in [0.1, 0.15) is 11.5 Å². The molecule has 0 fully saturated rings. The molecule has 2 aromatic rings. The molecule has 1 aliphatic heterocycles. The minimum Gasteiger partial charge on any atom is -0.445 e. The van der Waals surface area contributed by atoms with Crippen molar-refractivity contribution >= 4 is 17.4 Å². The molecule has 2 heterocycles. The summed E-state index contributed by atoms with van der Waals surface area (Å²) >= 11 is 0. The number of hydrogen-bond acceptors (Lipinski definition) is 5. The maximum atomic E-state index is 12.1. The minimum atomic E-state index is -0.533. The summed E-state index contributed by atoms with van der Waals surface area (Å²) in [6.45, 7) is 0.403. The number of carbonyl (C=O) groups excluding carboxylic acids is 2. The molecule has 0 radical (unpaired) electrons. The van der Waals surface area contributed by atoms with Crippen LogP contribution in [0, 0.1) is 0 Å². The van der Waals surface area contributed by atoms with Crippen molar-refractivity contribution in [3.8, 4) is 0 Å². The number of hydrogen-bond donors (Lipinski definition) is 0. The van der Waals surface area contributed by atoms with Crippen LogP contribution in [0.3, 0.4) is 0 Å². The molecule has 1 aromatic heterocycles. The molecule has 6 heteroatoms. The van der Waals surface area contributed by atoms with Gasteiger partial charge in [0.15, 0.2) is 5.78 Å². The lowest BCUT2D eigenvalue weighted by Crippen LogP contribution is -2.39. The second kappa shape index (κ2) is 6.26. The quantitative estimate of drug-likeness (QED) is 0.869. The van der Waals surface area contributed by atoms with Gasteiger partial charge in [0.05, 0.1) is 19.3 Å². The second-order valence-corrected chi connectivity index (χ2v) is 4.87. The third-order valence-electron chi connectivity index (χ3n) is 3.21. The second-order valence-electron chi connectivity index (χ2n) is 4.87. The number of carbonyl (C=O) groups is 2. The predicted molar refractivity (Wildman–Crippen MR) is 77.7 cm³/mol. The molecule has 1 aliphatic rings. The molecule has 0 N–H and O–H groups in total. The monoisotopic (exact) mass is 298 g/mol. The molecule has 0 unspecified atom stereocenters. The summed E-state index contributed by atoms with van der Waals surface area (Å²) in [5.41, 5.74) is 1.46. The van der Waals surface area contributed by atoms with Crippen LogP contribution in [0.25, 0.3) is 5.57 Å². The number of ether oxygens (including phenoxy) is 1. The molecule has 1 aromatic carbocycles. The van der Waals surface area contributed by atoms with Gasteiger partial charge in [0.2, 0.25) is 5.89 Å². The number of benzene rings is 1. The van der Waals surface area contributed by atoms with Gasteiger partial charge in [-0.1, -0.05) is 30.3 Å². The van der Waals surface area contributed by atoms with Gasteiger partial charge in [-0.05, 0) is 11.6 Å². The number of nitrogens with zero attached hydrogens (tertiary/aromatic N) is 2. The average Bonchev–Trinajstić information content (AvgIpc) is 3.07. The molecule has 1 amide bonds. The fourth-order valence-electron chi connectivity index (χ4n) is 2.19. The van der Waals surface area contributed by atoms with Crippen LogP contribution >= 0.6 is 0 Å². The highest BCUT2D eigenvalue weighted by Crippen LogP contribution is 2.18. The summed E-state index contributed by atoms with van der Waals surface area (Å²) in [4.78, 5) is 29.2. The molecular weight excluding hydrogens is 284 g/mol. The number of amides is 1. The summed E-state index contributed by atoms with van der Waals surface area (Å²) < 4.78 is 10.4. The predicted octanol–water partition coefficient (Wildman–Crippen LogP) is 2.28. The van der Waals surface area contributed by atoms with Gasteiger partial charge < -0.3 is 9.15 Å². The molecule has 0 bridgehead atoms. The highest BCUT2D eigenvalue weighted by atomic mass is 16.6. The molecular formula is C16H14N2O4. The van der Waals surface area contributed by atoms with Gasteiger partial charge >= 0.3 is 6.09 Å². The Bertz CT molecular complexity index is 692. The van der Waals surface area contributed by atoms with Crippen molar-refractivity contribution in [2.45, 2.75) is 6.61 Å². The Kier molecular flexibility index (Phi) is 4.00. The van der Waals surface area contributed by atoms with Crippen molar-refractivity contribution in [1.29, 1.82) is 0 Å². The van der Waals surface area contributed by atoms with Crippen LogP contribution in [0.2, 0.25) is 0 Å². The van der Waals surface area contributed by atoms with Crippen LogP contribution in [-0.2, 0) is 16.1 Å². The van der Waals surface area contributed by atoms with Crippen molar-refractivity contribution in [1.82, 2.24) is 9.88 Å². The van der Waals surface area contributed by atoms with E-state index in [0.717, 1.165) is 5.56 Å². The molecule has 22 heavy (non-hydrogen) atoms. The van der Waals surface area contributed by atoms with Crippen LogP contribution < -0.4 is 0 Å². The zero-order valence-electron chi connectivity index (χ0n) is 11.8. The Hall–Kier alpha value is -2.89. The molecule has 6 nitrogen and oxygen atoms in total. The van der Waals surface area contributed by atoms with E-state index in [0.29, 0.717) is 11.5 Å². The van der Waals surface area contributed by atoms with Crippen LogP contribution in [0.4, 0.5) is 4.79 Å².